The third-order valence-corrected chi connectivity index (χ3v) is 4.27. The minimum absolute atomic E-state index is 0.124. The van der Waals surface area contributed by atoms with Gasteiger partial charge in [-0.3, -0.25) is 9.59 Å². The fourth-order valence-electron chi connectivity index (χ4n) is 1.57. The third kappa shape index (κ3) is 4.17. The molecule has 0 saturated heterocycles. The molecule has 19 heavy (non-hydrogen) atoms. The molecule has 1 aromatic rings. The van der Waals surface area contributed by atoms with Crippen molar-refractivity contribution in [2.75, 3.05) is 0 Å². The van der Waals surface area contributed by atoms with Crippen molar-refractivity contribution in [1.82, 2.24) is 10.6 Å². The van der Waals surface area contributed by atoms with Crippen molar-refractivity contribution in [2.24, 2.45) is 0 Å². The number of benzene rings is 1. The smallest absolute Gasteiger partial charge is 0.253 e. The molecule has 1 aromatic carbocycles. The van der Waals surface area contributed by atoms with Crippen LogP contribution in [0.5, 0.6) is 0 Å². The zero-order valence-corrected chi connectivity index (χ0v) is 14.1. The number of rotatable bonds is 4. The van der Waals surface area contributed by atoms with Crippen LogP contribution in [0.3, 0.4) is 0 Å². The van der Waals surface area contributed by atoms with Gasteiger partial charge in [0.15, 0.2) is 0 Å². The molecule has 0 bridgehead atoms. The summed E-state index contributed by atoms with van der Waals surface area (Å²) in [5.41, 5.74) is 0.570. The summed E-state index contributed by atoms with van der Waals surface area (Å²) in [5.74, 6) is -0.356. The lowest BCUT2D eigenvalue weighted by atomic mass is 10.2. The molecule has 1 fully saturated rings. The van der Waals surface area contributed by atoms with E-state index in [4.69, 9.17) is 0 Å². The number of hydrogen-bond donors (Lipinski definition) is 2. The van der Waals surface area contributed by atoms with Crippen LogP contribution in [0.1, 0.15) is 30.1 Å². The van der Waals surface area contributed by atoms with E-state index in [-0.39, 0.29) is 11.8 Å². The average Bonchev–Trinajstić information content (AvgIpc) is 3.15. The van der Waals surface area contributed by atoms with Gasteiger partial charge in [0, 0.05) is 14.1 Å². The summed E-state index contributed by atoms with van der Waals surface area (Å²) in [6, 6.07) is 5.26. The van der Waals surface area contributed by atoms with Crippen molar-refractivity contribution in [1.29, 1.82) is 0 Å². The molecule has 1 atom stereocenters. The number of amides is 2. The van der Waals surface area contributed by atoms with Crippen LogP contribution in [-0.2, 0) is 4.79 Å². The van der Waals surface area contributed by atoms with E-state index in [1.54, 1.807) is 13.0 Å². The molecule has 1 saturated carbocycles. The largest absolute Gasteiger partial charge is 0.352 e. The van der Waals surface area contributed by atoms with E-state index in [1.165, 1.54) is 0 Å². The highest BCUT2D eigenvalue weighted by Gasteiger charge is 2.26. The van der Waals surface area contributed by atoms with Gasteiger partial charge in [-0.1, -0.05) is 15.9 Å². The Balaban J connectivity index is 1.99. The fourth-order valence-corrected chi connectivity index (χ4v) is 2.51. The predicted molar refractivity (Wildman–Crippen MR) is 85.0 cm³/mol. The summed E-state index contributed by atoms with van der Waals surface area (Å²) in [4.78, 5) is 23.9. The monoisotopic (exact) mass is 436 g/mol. The molecule has 0 aromatic heterocycles. The van der Waals surface area contributed by atoms with Crippen LogP contribution >= 0.6 is 38.5 Å². The van der Waals surface area contributed by atoms with Crippen LogP contribution in [0.2, 0.25) is 0 Å². The van der Waals surface area contributed by atoms with Gasteiger partial charge in [-0.05, 0) is 60.6 Å². The van der Waals surface area contributed by atoms with E-state index in [2.05, 4.69) is 49.2 Å². The zero-order valence-electron chi connectivity index (χ0n) is 10.4. The highest BCUT2D eigenvalue weighted by molar-refractivity contribution is 14.1. The molecule has 2 N–H and O–H groups in total. The first-order valence-corrected chi connectivity index (χ1v) is 7.91. The Bertz CT molecular complexity index is 517. The van der Waals surface area contributed by atoms with Crippen molar-refractivity contribution in [3.63, 3.8) is 0 Å². The Morgan fingerprint density at radius 2 is 2.11 bits per heavy atom. The van der Waals surface area contributed by atoms with Gasteiger partial charge in [0.2, 0.25) is 5.91 Å². The first-order chi connectivity index (χ1) is 8.97. The molecule has 1 unspecified atom stereocenters. The average molecular weight is 437 g/mol. The zero-order chi connectivity index (χ0) is 14.0. The molecule has 2 amide bonds. The lowest BCUT2D eigenvalue weighted by molar-refractivity contribution is -0.122. The normalized spacial score (nSPS) is 15.7. The van der Waals surface area contributed by atoms with E-state index >= 15 is 0 Å². The van der Waals surface area contributed by atoms with Gasteiger partial charge in [0.1, 0.15) is 6.04 Å². The molecule has 1 aliphatic carbocycles. The molecular weight excluding hydrogens is 423 g/mol. The van der Waals surface area contributed by atoms with E-state index in [0.717, 1.165) is 20.9 Å². The molecule has 0 aliphatic heterocycles. The van der Waals surface area contributed by atoms with Gasteiger partial charge in [0.25, 0.3) is 5.91 Å². The molecule has 1 aliphatic rings. The first kappa shape index (κ1) is 14.8. The van der Waals surface area contributed by atoms with E-state index in [1.807, 2.05) is 12.1 Å². The Labute approximate surface area is 134 Å². The third-order valence-electron chi connectivity index (χ3n) is 2.84. The Morgan fingerprint density at radius 1 is 1.42 bits per heavy atom. The van der Waals surface area contributed by atoms with Gasteiger partial charge in [-0.25, -0.2) is 0 Å². The molecule has 102 valence electrons. The molecule has 4 nitrogen and oxygen atoms in total. The molecule has 2 rings (SSSR count). The molecule has 0 spiro atoms. The Hall–Kier alpha value is -0.630. The highest BCUT2D eigenvalue weighted by Crippen LogP contribution is 2.19. The maximum absolute atomic E-state index is 12.1. The van der Waals surface area contributed by atoms with E-state index in [9.17, 15) is 9.59 Å². The standard InChI is InChI=1S/C13H14BrIN2O2/c1-7(12(18)17-9-3-4-9)16-13(19)10-6-8(14)2-5-11(10)15/h2,5-7,9H,3-4H2,1H3,(H,16,19)(H,17,18). The minimum atomic E-state index is -0.525. The summed E-state index contributed by atoms with van der Waals surface area (Å²) in [6.07, 6.45) is 2.08. The van der Waals surface area contributed by atoms with Crippen LogP contribution in [0.25, 0.3) is 0 Å². The van der Waals surface area contributed by atoms with Gasteiger partial charge in [-0.15, -0.1) is 0 Å². The highest BCUT2D eigenvalue weighted by atomic mass is 127. The minimum Gasteiger partial charge on any atom is -0.352 e. The van der Waals surface area contributed by atoms with Crippen molar-refractivity contribution in [3.05, 3.63) is 31.8 Å². The van der Waals surface area contributed by atoms with Crippen molar-refractivity contribution in [2.45, 2.75) is 31.8 Å². The van der Waals surface area contributed by atoms with Crippen LogP contribution < -0.4 is 10.6 Å². The lowest BCUT2D eigenvalue weighted by Gasteiger charge is -2.14. The summed E-state index contributed by atoms with van der Waals surface area (Å²) in [7, 11) is 0. The Kier molecular flexibility index (Phi) is 4.83. The number of carbonyl (C=O) groups excluding carboxylic acids is 2. The molecule has 6 heteroatoms. The predicted octanol–water partition coefficient (Wildman–Crippen LogP) is 2.45. The SMILES string of the molecule is CC(NC(=O)c1cc(Br)ccc1I)C(=O)NC1CC1. The lowest BCUT2D eigenvalue weighted by Crippen LogP contribution is -2.45. The van der Waals surface area contributed by atoms with Crippen LogP contribution in [0.15, 0.2) is 22.7 Å². The topological polar surface area (TPSA) is 58.2 Å². The van der Waals surface area contributed by atoms with Gasteiger partial charge < -0.3 is 10.6 Å². The van der Waals surface area contributed by atoms with Crippen LogP contribution in [0.4, 0.5) is 0 Å². The van der Waals surface area contributed by atoms with Crippen molar-refractivity contribution in [3.8, 4) is 0 Å². The molecular formula is C13H14BrIN2O2. The molecule has 0 radical (unpaired) electrons. The summed E-state index contributed by atoms with van der Waals surface area (Å²) < 4.78 is 1.70. The number of halogens is 2. The quantitative estimate of drug-likeness (QED) is 0.712. The maximum Gasteiger partial charge on any atom is 0.253 e. The van der Waals surface area contributed by atoms with E-state index < -0.39 is 6.04 Å². The fraction of sp³-hybridized carbons (Fsp3) is 0.385. The number of carbonyl (C=O) groups is 2. The van der Waals surface area contributed by atoms with Crippen molar-refractivity contribution >= 4 is 50.3 Å². The van der Waals surface area contributed by atoms with E-state index in [0.29, 0.717) is 11.6 Å². The van der Waals surface area contributed by atoms with Crippen molar-refractivity contribution < 1.29 is 9.59 Å². The second kappa shape index (κ2) is 6.21. The van der Waals surface area contributed by atoms with Gasteiger partial charge >= 0.3 is 0 Å². The summed E-state index contributed by atoms with van der Waals surface area (Å²) in [6.45, 7) is 1.69. The summed E-state index contributed by atoms with van der Waals surface area (Å²) in [5, 5.41) is 5.59. The number of hydrogen-bond acceptors (Lipinski definition) is 2. The summed E-state index contributed by atoms with van der Waals surface area (Å²) >= 11 is 5.44. The maximum atomic E-state index is 12.1. The molecule has 0 heterocycles. The van der Waals surface area contributed by atoms with Crippen LogP contribution in [0, 0.1) is 3.57 Å². The second-order valence-corrected chi connectivity index (χ2v) is 6.68. The van der Waals surface area contributed by atoms with Gasteiger partial charge in [0.05, 0.1) is 5.56 Å². The second-order valence-electron chi connectivity index (χ2n) is 4.60. The van der Waals surface area contributed by atoms with Crippen LogP contribution in [-0.4, -0.2) is 23.9 Å². The first-order valence-electron chi connectivity index (χ1n) is 6.03. The number of nitrogens with one attached hydrogen (secondary N) is 2. The van der Waals surface area contributed by atoms with Gasteiger partial charge in [-0.2, -0.15) is 0 Å². The Morgan fingerprint density at radius 3 is 2.74 bits per heavy atom.